The maximum absolute atomic E-state index is 11.9. The summed E-state index contributed by atoms with van der Waals surface area (Å²) >= 11 is 5.10. The summed E-state index contributed by atoms with van der Waals surface area (Å²) in [5.74, 6) is -0.470. The highest BCUT2D eigenvalue weighted by Crippen LogP contribution is 2.27. The largest absolute Gasteiger partial charge is 0.595 e. The third-order valence-corrected chi connectivity index (χ3v) is 3.39. The van der Waals surface area contributed by atoms with Crippen molar-refractivity contribution in [2.75, 3.05) is 7.11 Å². The predicted molar refractivity (Wildman–Crippen MR) is 78.5 cm³/mol. The number of carbonyl (C=O) groups excluding carboxylic acids is 1. The maximum Gasteiger partial charge on any atom is 0.337 e. The number of hydrogen-bond donors (Lipinski definition) is 4. The molecule has 2 unspecified atom stereocenters. The summed E-state index contributed by atoms with van der Waals surface area (Å²) in [6.07, 6.45) is 0. The summed E-state index contributed by atoms with van der Waals surface area (Å²) in [6, 6.07) is 5.77. The van der Waals surface area contributed by atoms with Crippen LogP contribution in [0.5, 0.6) is 0 Å². The van der Waals surface area contributed by atoms with E-state index >= 15 is 0 Å². The summed E-state index contributed by atoms with van der Waals surface area (Å²) < 4.78 is 4.79. The second kappa shape index (κ2) is 6.19. The first-order chi connectivity index (χ1) is 9.93. The number of hydrogen-bond acceptors (Lipinski definition) is 5. The molecule has 0 saturated carbocycles. The molecule has 1 aromatic rings. The van der Waals surface area contributed by atoms with Gasteiger partial charge in [-0.1, -0.05) is 12.1 Å². The number of carbonyl (C=O) groups is 1. The second-order valence-electron chi connectivity index (χ2n) is 4.49. The Hall–Kier alpha value is -2.00. The average molecular weight is 309 g/mol. The molecule has 4 N–H and O–H groups in total. The molecule has 0 saturated heterocycles. The van der Waals surface area contributed by atoms with Gasteiger partial charge in [0.15, 0.2) is 10.8 Å². The number of benzene rings is 1. The zero-order chi connectivity index (χ0) is 15.6. The van der Waals surface area contributed by atoms with Crippen LogP contribution in [0.4, 0.5) is 5.69 Å². The summed E-state index contributed by atoms with van der Waals surface area (Å²) in [5, 5.41) is 25.1. The van der Waals surface area contributed by atoms with E-state index in [0.717, 1.165) is 5.56 Å². The van der Waals surface area contributed by atoms with Crippen LogP contribution in [0.3, 0.4) is 0 Å². The molecule has 1 aromatic carbocycles. The fourth-order valence-electron chi connectivity index (χ4n) is 2.14. The number of esters is 1. The third-order valence-electron chi connectivity index (χ3n) is 3.17. The second-order valence-corrected chi connectivity index (χ2v) is 4.90. The van der Waals surface area contributed by atoms with Gasteiger partial charge >= 0.3 is 5.97 Å². The van der Waals surface area contributed by atoms with Crippen molar-refractivity contribution in [3.05, 3.63) is 46.3 Å². The highest BCUT2D eigenvalue weighted by atomic mass is 32.1. The van der Waals surface area contributed by atoms with E-state index < -0.39 is 17.2 Å². The Bertz CT molecular complexity index is 598. The summed E-state index contributed by atoms with van der Waals surface area (Å²) in [5.41, 5.74) is 1.92. The molecule has 0 spiro atoms. The van der Waals surface area contributed by atoms with Crippen molar-refractivity contribution in [1.29, 1.82) is 0 Å². The molecule has 0 fully saturated rings. The lowest BCUT2D eigenvalue weighted by Gasteiger charge is -2.29. The quantitative estimate of drug-likeness (QED) is 0.356. The van der Waals surface area contributed by atoms with Crippen molar-refractivity contribution in [2.45, 2.75) is 13.0 Å². The van der Waals surface area contributed by atoms with Crippen molar-refractivity contribution in [3.8, 4) is 0 Å². The first-order valence-corrected chi connectivity index (χ1v) is 6.54. The Balaban J connectivity index is 2.41. The molecule has 1 aliphatic heterocycles. The van der Waals surface area contributed by atoms with Gasteiger partial charge in [-0.05, 0) is 24.7 Å². The van der Waals surface area contributed by atoms with Gasteiger partial charge in [-0.15, -0.1) is 0 Å². The standard InChI is InChI=1S/C13H15N3O4S/c1-7-10(12(17)20-2)11(15-13(21)14-7)8-3-5-9(6-4-8)16(18)19/h3-6,11,16,18H,1-2H3,(H2,14,15,21). The van der Waals surface area contributed by atoms with Crippen molar-refractivity contribution in [3.63, 3.8) is 0 Å². The number of quaternary nitrogens is 1. The van der Waals surface area contributed by atoms with Crippen LogP contribution in [0.1, 0.15) is 18.5 Å². The SMILES string of the molecule is COC(=O)C1=C(C)NC(=S)NC1c1ccc([NH+]([O-])O)cc1. The molecule has 0 bridgehead atoms. The van der Waals surface area contributed by atoms with Crippen molar-refractivity contribution < 1.29 is 20.0 Å². The summed E-state index contributed by atoms with van der Waals surface area (Å²) in [4.78, 5) is 11.9. The van der Waals surface area contributed by atoms with Crippen LogP contribution in [-0.4, -0.2) is 23.4 Å². The number of thiocarbonyl (C=S) groups is 1. The monoisotopic (exact) mass is 309 g/mol. The lowest BCUT2D eigenvalue weighted by molar-refractivity contribution is -0.991. The zero-order valence-corrected chi connectivity index (χ0v) is 12.3. The minimum absolute atomic E-state index is 0.176. The van der Waals surface area contributed by atoms with Crippen LogP contribution in [0, 0.1) is 5.21 Å². The van der Waals surface area contributed by atoms with Crippen LogP contribution in [0.2, 0.25) is 0 Å². The number of methoxy groups -OCH3 is 1. The number of ether oxygens (including phenoxy) is 1. The maximum atomic E-state index is 11.9. The molecule has 21 heavy (non-hydrogen) atoms. The predicted octanol–water partition coefficient (Wildman–Crippen LogP) is 0.0558. The molecule has 7 nitrogen and oxygen atoms in total. The van der Waals surface area contributed by atoms with Gasteiger partial charge in [-0.3, -0.25) is 0 Å². The van der Waals surface area contributed by atoms with Gasteiger partial charge in [0, 0.05) is 17.8 Å². The Morgan fingerprint density at radius 3 is 2.57 bits per heavy atom. The Kier molecular flexibility index (Phi) is 4.53. The molecule has 0 aliphatic carbocycles. The van der Waals surface area contributed by atoms with Gasteiger partial charge in [-0.2, -0.15) is 5.23 Å². The normalized spacial score (nSPS) is 19.6. The van der Waals surface area contributed by atoms with Crippen LogP contribution >= 0.6 is 12.2 Å². The first-order valence-electron chi connectivity index (χ1n) is 6.14. The molecule has 1 heterocycles. The first kappa shape index (κ1) is 15.4. The van der Waals surface area contributed by atoms with E-state index in [1.807, 2.05) is 0 Å². The molecular formula is C13H15N3O4S. The van der Waals surface area contributed by atoms with Crippen molar-refractivity contribution in [2.24, 2.45) is 0 Å². The highest BCUT2D eigenvalue weighted by molar-refractivity contribution is 7.80. The highest BCUT2D eigenvalue weighted by Gasteiger charge is 2.30. The average Bonchev–Trinajstić information content (AvgIpc) is 2.45. The lowest BCUT2D eigenvalue weighted by atomic mass is 9.95. The minimum Gasteiger partial charge on any atom is -0.595 e. The third kappa shape index (κ3) is 3.19. The molecule has 0 amide bonds. The van der Waals surface area contributed by atoms with E-state index in [4.69, 9.17) is 22.2 Å². The van der Waals surface area contributed by atoms with E-state index in [0.29, 0.717) is 16.4 Å². The Labute approximate surface area is 126 Å². The number of allylic oxidation sites excluding steroid dienone is 1. The van der Waals surface area contributed by atoms with Crippen molar-refractivity contribution >= 4 is 29.0 Å². The molecule has 0 aromatic heterocycles. The molecule has 112 valence electrons. The van der Waals surface area contributed by atoms with E-state index in [2.05, 4.69) is 10.6 Å². The van der Waals surface area contributed by atoms with Gasteiger partial charge in [0.1, 0.15) is 0 Å². The fraction of sp³-hybridized carbons (Fsp3) is 0.231. The van der Waals surface area contributed by atoms with Crippen LogP contribution in [-0.2, 0) is 9.53 Å². The molecule has 8 heteroatoms. The Morgan fingerprint density at radius 2 is 2.05 bits per heavy atom. The smallest absolute Gasteiger partial charge is 0.337 e. The van der Waals surface area contributed by atoms with E-state index in [-0.39, 0.29) is 5.69 Å². The molecule has 1 aliphatic rings. The van der Waals surface area contributed by atoms with Gasteiger partial charge in [0.05, 0.1) is 18.7 Å². The van der Waals surface area contributed by atoms with E-state index in [1.54, 1.807) is 19.1 Å². The van der Waals surface area contributed by atoms with Crippen LogP contribution < -0.4 is 15.9 Å². The number of rotatable bonds is 3. The summed E-state index contributed by atoms with van der Waals surface area (Å²) in [7, 11) is 1.31. The van der Waals surface area contributed by atoms with E-state index in [1.165, 1.54) is 19.2 Å². The minimum atomic E-state index is -1.00. The fourth-order valence-corrected chi connectivity index (χ4v) is 2.41. The van der Waals surface area contributed by atoms with Gasteiger partial charge in [0.25, 0.3) is 0 Å². The molecule has 0 radical (unpaired) electrons. The van der Waals surface area contributed by atoms with Crippen molar-refractivity contribution in [1.82, 2.24) is 10.6 Å². The topological polar surface area (TPSA) is 98.1 Å². The van der Waals surface area contributed by atoms with Crippen LogP contribution in [0.25, 0.3) is 0 Å². The van der Waals surface area contributed by atoms with Gasteiger partial charge < -0.3 is 20.6 Å². The summed E-state index contributed by atoms with van der Waals surface area (Å²) in [6.45, 7) is 1.73. The molecule has 2 rings (SSSR count). The zero-order valence-electron chi connectivity index (χ0n) is 11.5. The number of nitrogens with one attached hydrogen (secondary N) is 3. The lowest BCUT2D eigenvalue weighted by Crippen LogP contribution is -2.99. The molecule has 2 atom stereocenters. The van der Waals surface area contributed by atoms with Gasteiger partial charge in [-0.25, -0.2) is 10.0 Å². The van der Waals surface area contributed by atoms with E-state index in [9.17, 15) is 10.0 Å². The van der Waals surface area contributed by atoms with Crippen LogP contribution in [0.15, 0.2) is 35.5 Å². The molecular weight excluding hydrogens is 294 g/mol. The Morgan fingerprint density at radius 1 is 1.43 bits per heavy atom. The van der Waals surface area contributed by atoms with Gasteiger partial charge in [0.2, 0.25) is 0 Å².